The van der Waals surface area contributed by atoms with Gasteiger partial charge >= 0.3 is 0 Å². The fraction of sp³-hybridized carbons (Fsp3) is 0.400. The summed E-state index contributed by atoms with van der Waals surface area (Å²) < 4.78 is 2.11. The molecule has 0 aliphatic rings. The zero-order chi connectivity index (χ0) is 14.7. The van der Waals surface area contributed by atoms with Crippen molar-refractivity contribution >= 4 is 27.4 Å². The second-order valence-electron chi connectivity index (χ2n) is 4.88. The molecule has 0 saturated carbocycles. The zero-order valence-electron chi connectivity index (χ0n) is 12.3. The molecular formula is C15H19N5S. The molecule has 3 aromatic heterocycles. The van der Waals surface area contributed by atoms with Gasteiger partial charge in [-0.05, 0) is 17.9 Å². The Bertz CT molecular complexity index is 731. The fourth-order valence-electron chi connectivity index (χ4n) is 2.30. The van der Waals surface area contributed by atoms with Gasteiger partial charge in [-0.3, -0.25) is 0 Å². The van der Waals surface area contributed by atoms with Gasteiger partial charge in [0.05, 0.1) is 11.9 Å². The molecule has 0 saturated heterocycles. The third-order valence-electron chi connectivity index (χ3n) is 3.34. The largest absolute Gasteiger partial charge is 0.369 e. The standard InChI is InChI=1S/C15H19N5S/c1-3-6-17-14-11-5-9-21-15(11)19-12(18-14)10-20-8-7-16-13(20)4-2/h5,7-9H,3-4,6,10H2,1-2H3,(H,17,18,19). The molecule has 1 N–H and O–H groups in total. The lowest BCUT2D eigenvalue weighted by Crippen LogP contribution is -2.10. The van der Waals surface area contributed by atoms with Crippen molar-refractivity contribution in [2.75, 3.05) is 11.9 Å². The van der Waals surface area contributed by atoms with E-state index in [9.17, 15) is 0 Å². The van der Waals surface area contributed by atoms with E-state index in [1.807, 2.05) is 12.4 Å². The average Bonchev–Trinajstić information content (AvgIpc) is 3.13. The van der Waals surface area contributed by atoms with Gasteiger partial charge in [0, 0.05) is 25.4 Å². The van der Waals surface area contributed by atoms with Crippen LogP contribution in [0.2, 0.25) is 0 Å². The maximum Gasteiger partial charge on any atom is 0.152 e. The van der Waals surface area contributed by atoms with Crippen LogP contribution in [0.5, 0.6) is 0 Å². The minimum Gasteiger partial charge on any atom is -0.369 e. The molecular weight excluding hydrogens is 282 g/mol. The van der Waals surface area contributed by atoms with E-state index in [0.717, 1.165) is 47.1 Å². The summed E-state index contributed by atoms with van der Waals surface area (Å²) in [5.41, 5.74) is 0. The van der Waals surface area contributed by atoms with Gasteiger partial charge in [0.1, 0.15) is 16.5 Å². The number of hydrogen-bond donors (Lipinski definition) is 1. The monoisotopic (exact) mass is 301 g/mol. The molecule has 0 aliphatic carbocycles. The van der Waals surface area contributed by atoms with Crippen molar-refractivity contribution in [3.05, 3.63) is 35.5 Å². The van der Waals surface area contributed by atoms with Crippen molar-refractivity contribution < 1.29 is 0 Å². The molecule has 5 nitrogen and oxygen atoms in total. The van der Waals surface area contributed by atoms with Crippen molar-refractivity contribution in [3.8, 4) is 0 Å². The second-order valence-corrected chi connectivity index (χ2v) is 5.77. The van der Waals surface area contributed by atoms with E-state index in [0.29, 0.717) is 6.54 Å². The van der Waals surface area contributed by atoms with E-state index in [1.54, 1.807) is 11.3 Å². The topological polar surface area (TPSA) is 55.6 Å². The molecule has 0 bridgehead atoms. The summed E-state index contributed by atoms with van der Waals surface area (Å²) in [5, 5.41) is 6.58. The lowest BCUT2D eigenvalue weighted by molar-refractivity contribution is 0.700. The van der Waals surface area contributed by atoms with Gasteiger partial charge in [-0.2, -0.15) is 0 Å². The molecule has 21 heavy (non-hydrogen) atoms. The fourth-order valence-corrected chi connectivity index (χ4v) is 3.08. The lowest BCUT2D eigenvalue weighted by atomic mass is 10.3. The molecule has 3 heterocycles. The SMILES string of the molecule is CCCNc1nc(Cn2ccnc2CC)nc2sccc12. The Morgan fingerprint density at radius 2 is 2.19 bits per heavy atom. The van der Waals surface area contributed by atoms with Crippen molar-refractivity contribution in [1.82, 2.24) is 19.5 Å². The number of rotatable bonds is 6. The smallest absolute Gasteiger partial charge is 0.152 e. The number of fused-ring (bicyclic) bond motifs is 1. The Balaban J connectivity index is 1.94. The summed E-state index contributed by atoms with van der Waals surface area (Å²) in [6.07, 6.45) is 5.81. The number of aromatic nitrogens is 4. The predicted molar refractivity (Wildman–Crippen MR) is 86.9 cm³/mol. The Morgan fingerprint density at radius 1 is 1.29 bits per heavy atom. The highest BCUT2D eigenvalue weighted by Crippen LogP contribution is 2.25. The third kappa shape index (κ3) is 2.90. The molecule has 0 fully saturated rings. The first-order valence-electron chi connectivity index (χ1n) is 7.29. The highest BCUT2D eigenvalue weighted by Gasteiger charge is 2.10. The van der Waals surface area contributed by atoms with E-state index in [4.69, 9.17) is 4.98 Å². The van der Waals surface area contributed by atoms with Crippen LogP contribution >= 0.6 is 11.3 Å². The number of anilines is 1. The van der Waals surface area contributed by atoms with Crippen LogP contribution in [0.15, 0.2) is 23.8 Å². The van der Waals surface area contributed by atoms with Gasteiger partial charge in [0.15, 0.2) is 5.82 Å². The second kappa shape index (κ2) is 6.22. The normalized spacial score (nSPS) is 11.1. The number of hydrogen-bond acceptors (Lipinski definition) is 5. The molecule has 0 atom stereocenters. The van der Waals surface area contributed by atoms with Crippen LogP contribution < -0.4 is 5.32 Å². The Morgan fingerprint density at radius 3 is 3.00 bits per heavy atom. The summed E-state index contributed by atoms with van der Waals surface area (Å²) in [6.45, 7) is 5.85. The summed E-state index contributed by atoms with van der Waals surface area (Å²) >= 11 is 1.66. The first-order chi connectivity index (χ1) is 10.3. The van der Waals surface area contributed by atoms with Gasteiger partial charge in [-0.15, -0.1) is 11.3 Å². The summed E-state index contributed by atoms with van der Waals surface area (Å²) in [4.78, 5) is 14.8. The van der Waals surface area contributed by atoms with Crippen LogP contribution in [0.1, 0.15) is 31.9 Å². The predicted octanol–water partition coefficient (Wildman–Crippen LogP) is 3.32. The van der Waals surface area contributed by atoms with Crippen molar-refractivity contribution in [3.63, 3.8) is 0 Å². The highest BCUT2D eigenvalue weighted by atomic mass is 32.1. The molecule has 110 valence electrons. The van der Waals surface area contributed by atoms with Gasteiger partial charge in [0.25, 0.3) is 0 Å². The number of imidazole rings is 1. The Labute approximate surface area is 128 Å². The number of nitrogens with one attached hydrogen (secondary N) is 1. The minimum absolute atomic E-state index is 0.665. The molecule has 0 radical (unpaired) electrons. The summed E-state index contributed by atoms with van der Waals surface area (Å²) in [7, 11) is 0. The lowest BCUT2D eigenvalue weighted by Gasteiger charge is -2.09. The maximum atomic E-state index is 4.70. The third-order valence-corrected chi connectivity index (χ3v) is 4.15. The quantitative estimate of drug-likeness (QED) is 0.759. The highest BCUT2D eigenvalue weighted by molar-refractivity contribution is 7.16. The molecule has 3 aromatic rings. The summed E-state index contributed by atoms with van der Waals surface area (Å²) in [5.74, 6) is 2.83. The molecule has 0 aliphatic heterocycles. The molecule has 0 spiro atoms. The van der Waals surface area contributed by atoms with Gasteiger partial charge in [-0.25, -0.2) is 15.0 Å². The Hall–Kier alpha value is -1.95. The number of nitrogens with zero attached hydrogens (tertiary/aromatic N) is 4. The molecule has 0 aromatic carbocycles. The van der Waals surface area contributed by atoms with E-state index in [2.05, 4.69) is 45.1 Å². The van der Waals surface area contributed by atoms with Gasteiger partial charge in [0.2, 0.25) is 0 Å². The van der Waals surface area contributed by atoms with E-state index in [-0.39, 0.29) is 0 Å². The van der Waals surface area contributed by atoms with Crippen LogP contribution in [0.25, 0.3) is 10.2 Å². The first-order valence-corrected chi connectivity index (χ1v) is 8.17. The van der Waals surface area contributed by atoms with Crippen LogP contribution in [-0.2, 0) is 13.0 Å². The van der Waals surface area contributed by atoms with Gasteiger partial charge < -0.3 is 9.88 Å². The van der Waals surface area contributed by atoms with Crippen LogP contribution in [-0.4, -0.2) is 26.1 Å². The van der Waals surface area contributed by atoms with Crippen LogP contribution in [0.3, 0.4) is 0 Å². The Kier molecular flexibility index (Phi) is 4.15. The zero-order valence-corrected chi connectivity index (χ0v) is 13.2. The maximum absolute atomic E-state index is 4.70. The molecule has 6 heteroatoms. The van der Waals surface area contributed by atoms with E-state index < -0.39 is 0 Å². The first kappa shape index (κ1) is 14.0. The average molecular weight is 301 g/mol. The van der Waals surface area contributed by atoms with Crippen LogP contribution in [0.4, 0.5) is 5.82 Å². The van der Waals surface area contributed by atoms with Crippen molar-refractivity contribution in [2.45, 2.75) is 33.2 Å². The van der Waals surface area contributed by atoms with Crippen molar-refractivity contribution in [1.29, 1.82) is 0 Å². The summed E-state index contributed by atoms with van der Waals surface area (Å²) in [6, 6.07) is 2.08. The van der Waals surface area contributed by atoms with Gasteiger partial charge in [-0.1, -0.05) is 13.8 Å². The molecule has 0 unspecified atom stereocenters. The minimum atomic E-state index is 0.665. The number of thiophene rings is 1. The van der Waals surface area contributed by atoms with E-state index >= 15 is 0 Å². The van der Waals surface area contributed by atoms with Crippen LogP contribution in [0, 0.1) is 0 Å². The van der Waals surface area contributed by atoms with Crippen molar-refractivity contribution in [2.24, 2.45) is 0 Å². The van der Waals surface area contributed by atoms with E-state index in [1.165, 1.54) is 0 Å². The molecule has 3 rings (SSSR count). The molecule has 0 amide bonds. The number of aryl methyl sites for hydroxylation is 1.